The van der Waals surface area contributed by atoms with Crippen molar-refractivity contribution in [1.82, 2.24) is 4.98 Å². The van der Waals surface area contributed by atoms with Crippen molar-refractivity contribution in [3.05, 3.63) is 158 Å². The van der Waals surface area contributed by atoms with Crippen molar-refractivity contribution in [3.8, 4) is 22.6 Å². The van der Waals surface area contributed by atoms with Crippen molar-refractivity contribution < 1.29 is 8.83 Å². The Kier molecular flexibility index (Phi) is 5.78. The molecule has 7 aromatic carbocycles. The molecule has 4 nitrogen and oxygen atoms in total. The molecule has 0 spiro atoms. The van der Waals surface area contributed by atoms with Gasteiger partial charge in [0, 0.05) is 33.1 Å². The van der Waals surface area contributed by atoms with E-state index in [9.17, 15) is 0 Å². The molecule has 2 heterocycles. The van der Waals surface area contributed by atoms with Crippen LogP contribution in [0.4, 0.5) is 17.1 Å². The number of rotatable bonds is 5. The number of aromatic nitrogens is 1. The smallest absolute Gasteiger partial charge is 0.228 e. The van der Waals surface area contributed by atoms with Crippen molar-refractivity contribution in [2.24, 2.45) is 0 Å². The zero-order valence-electron chi connectivity index (χ0n) is 24.2. The summed E-state index contributed by atoms with van der Waals surface area (Å²) in [5.41, 5.74) is 9.68. The van der Waals surface area contributed by atoms with Crippen LogP contribution in [0.2, 0.25) is 0 Å². The molecule has 9 rings (SSSR count). The van der Waals surface area contributed by atoms with E-state index < -0.39 is 0 Å². The molecule has 0 saturated heterocycles. The summed E-state index contributed by atoms with van der Waals surface area (Å²) in [6, 6.07) is 54.6. The van der Waals surface area contributed by atoms with E-state index in [2.05, 4.69) is 120 Å². The number of fused-ring (bicyclic) bond motifs is 5. The van der Waals surface area contributed by atoms with E-state index in [0.29, 0.717) is 5.89 Å². The van der Waals surface area contributed by atoms with Gasteiger partial charge in [0.2, 0.25) is 5.89 Å². The van der Waals surface area contributed by atoms with Gasteiger partial charge in [0.05, 0.1) is 5.69 Å². The minimum atomic E-state index is 0.581. The molecule has 0 fully saturated rings. The normalized spacial score (nSPS) is 11.6. The fourth-order valence-electron chi connectivity index (χ4n) is 6.38. The van der Waals surface area contributed by atoms with Gasteiger partial charge in [-0.25, -0.2) is 4.98 Å². The number of para-hydroxylation sites is 2. The van der Waals surface area contributed by atoms with E-state index in [1.807, 2.05) is 42.5 Å². The van der Waals surface area contributed by atoms with Gasteiger partial charge < -0.3 is 13.7 Å². The first-order valence-corrected chi connectivity index (χ1v) is 15.0. The van der Waals surface area contributed by atoms with E-state index >= 15 is 0 Å². The van der Waals surface area contributed by atoms with E-state index in [4.69, 9.17) is 13.8 Å². The Morgan fingerprint density at radius 1 is 0.467 bits per heavy atom. The molecule has 9 aromatic rings. The molecule has 0 aliphatic carbocycles. The molecule has 0 unspecified atom stereocenters. The molecule has 0 bridgehead atoms. The van der Waals surface area contributed by atoms with Crippen LogP contribution in [0.3, 0.4) is 0 Å². The lowest BCUT2D eigenvalue weighted by Gasteiger charge is -2.27. The highest BCUT2D eigenvalue weighted by Crippen LogP contribution is 2.43. The predicted octanol–water partition coefficient (Wildman–Crippen LogP) is 11.7. The lowest BCUT2D eigenvalue weighted by molar-refractivity contribution is 0.620. The van der Waals surface area contributed by atoms with Gasteiger partial charge in [-0.2, -0.15) is 0 Å². The predicted molar refractivity (Wildman–Crippen MR) is 184 cm³/mol. The molecule has 0 atom stereocenters. The van der Waals surface area contributed by atoms with Gasteiger partial charge in [0.1, 0.15) is 16.7 Å². The monoisotopic (exact) mass is 578 g/mol. The lowest BCUT2D eigenvalue weighted by Crippen LogP contribution is -2.10. The molecule has 2 aromatic heterocycles. The van der Waals surface area contributed by atoms with Crippen molar-refractivity contribution in [3.63, 3.8) is 0 Å². The molecular formula is C41H26N2O2. The average molecular weight is 579 g/mol. The fourth-order valence-corrected chi connectivity index (χ4v) is 6.38. The Labute approximate surface area is 259 Å². The first kappa shape index (κ1) is 25.4. The van der Waals surface area contributed by atoms with Crippen LogP contribution in [-0.2, 0) is 0 Å². The second-order valence-corrected chi connectivity index (χ2v) is 11.2. The molecule has 212 valence electrons. The minimum Gasteiger partial charge on any atom is -0.456 e. The number of oxazole rings is 1. The van der Waals surface area contributed by atoms with Crippen LogP contribution in [0.5, 0.6) is 0 Å². The summed E-state index contributed by atoms with van der Waals surface area (Å²) in [5.74, 6) is 0.581. The maximum absolute atomic E-state index is 6.38. The molecule has 0 N–H and O–H groups in total. The number of anilines is 3. The Morgan fingerprint density at radius 3 is 2.07 bits per heavy atom. The highest BCUT2D eigenvalue weighted by Gasteiger charge is 2.20. The van der Waals surface area contributed by atoms with Gasteiger partial charge >= 0.3 is 0 Å². The van der Waals surface area contributed by atoms with Crippen LogP contribution in [0.15, 0.2) is 167 Å². The molecule has 0 saturated carbocycles. The second-order valence-electron chi connectivity index (χ2n) is 11.2. The maximum Gasteiger partial charge on any atom is 0.228 e. The van der Waals surface area contributed by atoms with Crippen molar-refractivity contribution in [2.45, 2.75) is 0 Å². The number of benzene rings is 7. The Hall–Kier alpha value is -6.13. The summed E-state index contributed by atoms with van der Waals surface area (Å²) < 4.78 is 12.6. The molecule has 4 heteroatoms. The summed E-state index contributed by atoms with van der Waals surface area (Å²) in [7, 11) is 0. The van der Waals surface area contributed by atoms with E-state index in [1.165, 1.54) is 21.9 Å². The largest absolute Gasteiger partial charge is 0.456 e. The summed E-state index contributed by atoms with van der Waals surface area (Å²) in [6.07, 6.45) is 0. The van der Waals surface area contributed by atoms with Crippen LogP contribution >= 0.6 is 0 Å². The zero-order valence-corrected chi connectivity index (χ0v) is 24.2. The quantitative estimate of drug-likeness (QED) is 0.204. The van der Waals surface area contributed by atoms with Gasteiger partial charge in [0.25, 0.3) is 0 Å². The summed E-state index contributed by atoms with van der Waals surface area (Å²) in [6.45, 7) is 0. The maximum atomic E-state index is 6.38. The lowest BCUT2D eigenvalue weighted by atomic mass is 10.0. The fraction of sp³-hybridized carbons (Fsp3) is 0. The number of hydrogen-bond donors (Lipinski definition) is 0. The van der Waals surface area contributed by atoms with Crippen molar-refractivity contribution in [2.75, 3.05) is 4.90 Å². The zero-order chi connectivity index (χ0) is 29.7. The van der Waals surface area contributed by atoms with E-state index in [-0.39, 0.29) is 0 Å². The number of nitrogens with zero attached hydrogens (tertiary/aromatic N) is 2. The molecule has 45 heavy (non-hydrogen) atoms. The molecule has 0 aliphatic rings. The van der Waals surface area contributed by atoms with Crippen molar-refractivity contribution in [1.29, 1.82) is 0 Å². The number of hydrogen-bond acceptors (Lipinski definition) is 4. The highest BCUT2D eigenvalue weighted by atomic mass is 16.3. The first-order chi connectivity index (χ1) is 22.3. The van der Waals surface area contributed by atoms with Gasteiger partial charge in [0.15, 0.2) is 5.58 Å². The minimum absolute atomic E-state index is 0.581. The standard InChI is InChI=1S/C41H26N2O2/c1-2-10-27(11-3-1)28-20-22-30(23-21-28)43(36-17-8-13-29-12-4-5-14-32(29)36)31-24-25-37-34(26-31)40-33(15-9-19-39(40)44-37)41-42-35-16-6-7-18-38(35)45-41/h1-26H. The SMILES string of the molecule is c1ccc(-c2ccc(N(c3ccc4oc5cccc(-c6nc7ccccc7o6)c5c4c3)c3cccc4ccccc34)cc2)cc1. The van der Waals surface area contributed by atoms with E-state index in [1.54, 1.807) is 0 Å². The summed E-state index contributed by atoms with van der Waals surface area (Å²) in [4.78, 5) is 7.15. The van der Waals surface area contributed by atoms with Gasteiger partial charge in [-0.05, 0) is 77.2 Å². The molecule has 0 amide bonds. The molecule has 0 aliphatic heterocycles. The third kappa shape index (κ3) is 4.27. The Morgan fingerprint density at radius 2 is 1.18 bits per heavy atom. The molecule has 0 radical (unpaired) electrons. The number of furan rings is 1. The van der Waals surface area contributed by atoms with Crippen LogP contribution in [0.1, 0.15) is 0 Å². The topological polar surface area (TPSA) is 42.4 Å². The van der Waals surface area contributed by atoms with Crippen molar-refractivity contribution >= 4 is 60.9 Å². The third-order valence-corrected chi connectivity index (χ3v) is 8.50. The van der Waals surface area contributed by atoms with Crippen LogP contribution < -0.4 is 4.90 Å². The van der Waals surface area contributed by atoms with Crippen LogP contribution in [0.25, 0.3) is 66.4 Å². The third-order valence-electron chi connectivity index (χ3n) is 8.50. The summed E-state index contributed by atoms with van der Waals surface area (Å²) >= 11 is 0. The van der Waals surface area contributed by atoms with Gasteiger partial charge in [-0.3, -0.25) is 0 Å². The first-order valence-electron chi connectivity index (χ1n) is 15.0. The highest BCUT2D eigenvalue weighted by molar-refractivity contribution is 6.13. The Balaban J connectivity index is 1.26. The van der Waals surface area contributed by atoms with Gasteiger partial charge in [-0.1, -0.05) is 97.1 Å². The Bertz CT molecular complexity index is 2450. The summed E-state index contributed by atoms with van der Waals surface area (Å²) in [5, 5.41) is 4.36. The van der Waals surface area contributed by atoms with Crippen LogP contribution in [0, 0.1) is 0 Å². The van der Waals surface area contributed by atoms with E-state index in [0.717, 1.165) is 55.7 Å². The second kappa shape index (κ2) is 10.2. The average Bonchev–Trinajstić information content (AvgIpc) is 3.71. The van der Waals surface area contributed by atoms with Crippen LogP contribution in [-0.4, -0.2) is 4.98 Å². The van der Waals surface area contributed by atoms with Gasteiger partial charge in [-0.15, -0.1) is 0 Å². The molecular weight excluding hydrogens is 552 g/mol.